The van der Waals surface area contributed by atoms with Gasteiger partial charge in [0.25, 0.3) is 0 Å². The fourth-order valence-electron chi connectivity index (χ4n) is 3.67. The number of hydrogen-bond donors (Lipinski definition) is 1. The van der Waals surface area contributed by atoms with Crippen LogP contribution in [0.15, 0.2) is 30.3 Å². The Labute approximate surface area is 171 Å². The molecule has 1 saturated heterocycles. The van der Waals surface area contributed by atoms with Gasteiger partial charge in [0.1, 0.15) is 11.6 Å². The fourth-order valence-corrected chi connectivity index (χ4v) is 3.67. The average Bonchev–Trinajstić information content (AvgIpc) is 2.72. The molecule has 2 aromatic rings. The molecule has 156 valence electrons. The molecule has 1 aromatic heterocycles. The van der Waals surface area contributed by atoms with Crippen molar-refractivity contribution in [3.63, 3.8) is 0 Å². The molecule has 0 bridgehead atoms. The fraction of sp³-hybridized carbons (Fsp3) is 0.500. The minimum atomic E-state index is -0.374. The molecule has 6 nitrogen and oxygen atoms in total. The average molecular weight is 400 g/mol. The van der Waals surface area contributed by atoms with Gasteiger partial charge in [0.05, 0.1) is 6.61 Å². The van der Waals surface area contributed by atoms with Crippen LogP contribution >= 0.6 is 0 Å². The second kappa shape index (κ2) is 10.2. The molecule has 0 unspecified atom stereocenters. The Balaban J connectivity index is 1.38. The van der Waals surface area contributed by atoms with Crippen molar-refractivity contribution in [3.8, 4) is 5.75 Å². The summed E-state index contributed by atoms with van der Waals surface area (Å²) in [6.45, 7) is 3.80. The normalized spacial score (nSPS) is 14.7. The quantitative estimate of drug-likeness (QED) is 0.686. The second-order valence-corrected chi connectivity index (χ2v) is 7.45. The lowest BCUT2D eigenvalue weighted by molar-refractivity contribution is -0.132. The molecular formula is C22H29FN4O2. The van der Waals surface area contributed by atoms with E-state index in [-0.39, 0.29) is 17.5 Å². The number of halogens is 1. The third-order valence-electron chi connectivity index (χ3n) is 5.24. The van der Waals surface area contributed by atoms with Crippen LogP contribution in [-0.4, -0.2) is 47.5 Å². The van der Waals surface area contributed by atoms with Gasteiger partial charge in [0, 0.05) is 38.3 Å². The third kappa shape index (κ3) is 6.14. The Kier molecular flexibility index (Phi) is 7.38. The molecule has 0 saturated carbocycles. The van der Waals surface area contributed by atoms with E-state index in [9.17, 15) is 9.18 Å². The van der Waals surface area contributed by atoms with Crippen LogP contribution < -0.4 is 10.1 Å². The van der Waals surface area contributed by atoms with Crippen molar-refractivity contribution in [2.75, 3.05) is 32.1 Å². The summed E-state index contributed by atoms with van der Waals surface area (Å²) in [6, 6.07) is 8.32. The highest BCUT2D eigenvalue weighted by atomic mass is 19.1. The first-order valence-corrected chi connectivity index (χ1v) is 10.2. The number of anilines is 1. The molecule has 1 aliphatic rings. The van der Waals surface area contributed by atoms with E-state index in [4.69, 9.17) is 4.74 Å². The first-order chi connectivity index (χ1) is 14.0. The maximum absolute atomic E-state index is 13.5. The maximum atomic E-state index is 13.5. The smallest absolute Gasteiger partial charge is 0.222 e. The van der Waals surface area contributed by atoms with Crippen molar-refractivity contribution in [2.45, 2.75) is 39.0 Å². The van der Waals surface area contributed by atoms with Crippen LogP contribution in [0.5, 0.6) is 5.75 Å². The van der Waals surface area contributed by atoms with Gasteiger partial charge in [-0.25, -0.2) is 14.4 Å². The minimum absolute atomic E-state index is 0.149. The van der Waals surface area contributed by atoms with E-state index < -0.39 is 0 Å². The van der Waals surface area contributed by atoms with Crippen molar-refractivity contribution in [1.82, 2.24) is 14.9 Å². The van der Waals surface area contributed by atoms with Crippen molar-refractivity contribution < 1.29 is 13.9 Å². The summed E-state index contributed by atoms with van der Waals surface area (Å²) in [5.74, 6) is 2.16. The standard InChI is InChI=1S/C22H29FN4O2/c1-16-25-18(15-21(24-2)26-16)14-17-9-11-27(12-10-17)22(28)8-5-13-29-20-7-4-3-6-19(20)23/h3-4,6-7,15,17H,5,8-14H2,1-2H3,(H,24,25,26). The summed E-state index contributed by atoms with van der Waals surface area (Å²) in [6.07, 6.45) is 3.89. The van der Waals surface area contributed by atoms with Crippen LogP contribution in [0.2, 0.25) is 0 Å². The van der Waals surface area contributed by atoms with E-state index in [0.717, 1.165) is 49.7 Å². The zero-order chi connectivity index (χ0) is 20.6. The predicted molar refractivity (Wildman–Crippen MR) is 110 cm³/mol. The molecule has 1 fully saturated rings. The summed E-state index contributed by atoms with van der Waals surface area (Å²) in [4.78, 5) is 23.2. The van der Waals surface area contributed by atoms with Crippen LogP contribution in [0.3, 0.4) is 0 Å². The summed E-state index contributed by atoms with van der Waals surface area (Å²) in [5.41, 5.74) is 1.05. The Hall–Kier alpha value is -2.70. The zero-order valence-electron chi connectivity index (χ0n) is 17.2. The van der Waals surface area contributed by atoms with Gasteiger partial charge in [-0.15, -0.1) is 0 Å². The van der Waals surface area contributed by atoms with Crippen molar-refractivity contribution >= 4 is 11.7 Å². The summed E-state index contributed by atoms with van der Waals surface area (Å²) >= 11 is 0. The molecule has 29 heavy (non-hydrogen) atoms. The molecule has 0 atom stereocenters. The number of rotatable bonds is 8. The number of ether oxygens (including phenoxy) is 1. The van der Waals surface area contributed by atoms with E-state index in [1.54, 1.807) is 18.2 Å². The molecule has 1 aliphatic heterocycles. The Morgan fingerprint density at radius 2 is 2.03 bits per heavy atom. The highest BCUT2D eigenvalue weighted by molar-refractivity contribution is 5.76. The lowest BCUT2D eigenvalue weighted by atomic mass is 9.92. The van der Waals surface area contributed by atoms with Crippen LogP contribution in [0.4, 0.5) is 10.2 Å². The largest absolute Gasteiger partial charge is 0.491 e. The monoisotopic (exact) mass is 400 g/mol. The SMILES string of the molecule is CNc1cc(CC2CCN(C(=O)CCCOc3ccccc3F)CC2)nc(C)n1. The highest BCUT2D eigenvalue weighted by Gasteiger charge is 2.23. The summed E-state index contributed by atoms with van der Waals surface area (Å²) < 4.78 is 18.9. The number of aromatic nitrogens is 2. The molecule has 2 heterocycles. The lowest BCUT2D eigenvalue weighted by Crippen LogP contribution is -2.39. The molecule has 0 spiro atoms. The van der Waals surface area contributed by atoms with Gasteiger partial charge < -0.3 is 15.0 Å². The number of nitrogens with zero attached hydrogens (tertiary/aromatic N) is 3. The van der Waals surface area contributed by atoms with Crippen LogP contribution in [0, 0.1) is 18.7 Å². The highest BCUT2D eigenvalue weighted by Crippen LogP contribution is 2.23. The molecule has 0 radical (unpaired) electrons. The van der Waals surface area contributed by atoms with Gasteiger partial charge in [-0.05, 0) is 50.7 Å². The topological polar surface area (TPSA) is 67.4 Å². The van der Waals surface area contributed by atoms with Gasteiger partial charge in [-0.1, -0.05) is 12.1 Å². The number of likely N-dealkylation sites (tertiary alicyclic amines) is 1. The van der Waals surface area contributed by atoms with Gasteiger partial charge in [0.15, 0.2) is 11.6 Å². The van der Waals surface area contributed by atoms with E-state index >= 15 is 0 Å². The third-order valence-corrected chi connectivity index (χ3v) is 5.24. The number of nitrogens with one attached hydrogen (secondary N) is 1. The first kappa shape index (κ1) is 21.0. The minimum Gasteiger partial charge on any atom is -0.491 e. The molecular weight excluding hydrogens is 371 g/mol. The molecule has 1 aromatic carbocycles. The molecule has 3 rings (SSSR count). The van der Waals surface area contributed by atoms with Gasteiger partial charge in [-0.2, -0.15) is 0 Å². The number of aryl methyl sites for hydroxylation is 1. The number of para-hydroxylation sites is 1. The number of carbonyl (C=O) groups is 1. The Bertz CT molecular complexity index is 822. The Morgan fingerprint density at radius 1 is 1.28 bits per heavy atom. The Morgan fingerprint density at radius 3 is 2.76 bits per heavy atom. The summed E-state index contributed by atoms with van der Waals surface area (Å²) in [5, 5.41) is 3.07. The number of benzene rings is 1. The maximum Gasteiger partial charge on any atom is 0.222 e. The second-order valence-electron chi connectivity index (χ2n) is 7.45. The van der Waals surface area contributed by atoms with E-state index in [1.807, 2.05) is 24.9 Å². The molecule has 0 aliphatic carbocycles. The summed E-state index contributed by atoms with van der Waals surface area (Å²) in [7, 11) is 1.86. The van der Waals surface area contributed by atoms with E-state index in [0.29, 0.717) is 25.4 Å². The van der Waals surface area contributed by atoms with Gasteiger partial charge in [-0.3, -0.25) is 4.79 Å². The number of hydrogen-bond acceptors (Lipinski definition) is 5. The predicted octanol–water partition coefficient (Wildman–Crippen LogP) is 3.61. The number of amides is 1. The van der Waals surface area contributed by atoms with Gasteiger partial charge in [0.2, 0.25) is 5.91 Å². The van der Waals surface area contributed by atoms with Crippen LogP contribution in [0.1, 0.15) is 37.2 Å². The number of carbonyl (C=O) groups excluding carboxylic acids is 1. The van der Waals surface area contributed by atoms with Crippen LogP contribution in [-0.2, 0) is 11.2 Å². The zero-order valence-corrected chi connectivity index (χ0v) is 17.2. The van der Waals surface area contributed by atoms with E-state index in [2.05, 4.69) is 15.3 Å². The number of piperidine rings is 1. The van der Waals surface area contributed by atoms with Crippen molar-refractivity contribution in [1.29, 1.82) is 0 Å². The molecule has 1 N–H and O–H groups in total. The van der Waals surface area contributed by atoms with E-state index in [1.165, 1.54) is 6.07 Å². The molecule has 1 amide bonds. The van der Waals surface area contributed by atoms with Crippen molar-refractivity contribution in [2.24, 2.45) is 5.92 Å². The van der Waals surface area contributed by atoms with Gasteiger partial charge >= 0.3 is 0 Å². The van der Waals surface area contributed by atoms with Crippen molar-refractivity contribution in [3.05, 3.63) is 47.7 Å². The van der Waals surface area contributed by atoms with Crippen LogP contribution in [0.25, 0.3) is 0 Å². The lowest BCUT2D eigenvalue weighted by Gasteiger charge is -2.32. The molecule has 7 heteroatoms. The first-order valence-electron chi connectivity index (χ1n) is 10.2.